The van der Waals surface area contributed by atoms with Crippen molar-refractivity contribution < 1.29 is 14.3 Å². The number of nitrogens with zero attached hydrogens (tertiary/aromatic N) is 1. The molecule has 0 heterocycles. The van der Waals surface area contributed by atoms with E-state index in [0.29, 0.717) is 6.54 Å². The Bertz CT molecular complexity index is 352. The Hall–Kier alpha value is -1.58. The van der Waals surface area contributed by atoms with Crippen LogP contribution in [0.3, 0.4) is 0 Å². The highest BCUT2D eigenvalue weighted by molar-refractivity contribution is 5.96. The number of phenolic OH excluding ortho intramolecular Hbond substituents is 1. The van der Waals surface area contributed by atoms with Crippen LogP contribution in [0.25, 0.3) is 0 Å². The third kappa shape index (κ3) is 2.02. The van der Waals surface area contributed by atoms with Crippen LogP contribution in [-0.4, -0.2) is 29.5 Å². The molecule has 1 amide bonds. The Morgan fingerprint density at radius 3 is 2.79 bits per heavy atom. The lowest BCUT2D eigenvalue weighted by molar-refractivity contribution is 0.0799. The molecule has 0 fully saturated rings. The van der Waals surface area contributed by atoms with Gasteiger partial charge in [0.2, 0.25) is 0 Å². The van der Waals surface area contributed by atoms with Gasteiger partial charge in [-0.1, -0.05) is 0 Å². The lowest BCUT2D eigenvalue weighted by atomic mass is 10.1. The molecule has 0 spiro atoms. The fourth-order valence-corrected chi connectivity index (χ4v) is 1.03. The van der Waals surface area contributed by atoms with E-state index in [-0.39, 0.29) is 17.2 Å². The van der Waals surface area contributed by atoms with Crippen LogP contribution in [0.5, 0.6) is 5.75 Å². The van der Waals surface area contributed by atoms with Crippen molar-refractivity contribution in [2.24, 2.45) is 0 Å². The van der Waals surface area contributed by atoms with Crippen molar-refractivity contribution in [3.63, 3.8) is 0 Å². The summed E-state index contributed by atoms with van der Waals surface area (Å²) in [5.74, 6) is -1.11. The largest absolute Gasteiger partial charge is 0.507 e. The van der Waals surface area contributed by atoms with Gasteiger partial charge in [-0.05, 0) is 25.1 Å². The van der Waals surface area contributed by atoms with E-state index in [0.717, 1.165) is 12.1 Å². The Labute approximate surface area is 81.8 Å². The summed E-state index contributed by atoms with van der Waals surface area (Å²) >= 11 is 0. The molecule has 1 aromatic rings. The first kappa shape index (κ1) is 10.5. The number of aromatic hydroxyl groups is 1. The van der Waals surface area contributed by atoms with Crippen LogP contribution in [0.4, 0.5) is 4.39 Å². The number of amides is 1. The maximum absolute atomic E-state index is 12.8. The second kappa shape index (κ2) is 4.09. The molecule has 0 bridgehead atoms. The lowest BCUT2D eigenvalue weighted by Gasteiger charge is -2.14. The Kier molecular flexibility index (Phi) is 3.06. The van der Waals surface area contributed by atoms with Gasteiger partial charge >= 0.3 is 0 Å². The highest BCUT2D eigenvalue weighted by Gasteiger charge is 2.14. The van der Waals surface area contributed by atoms with Gasteiger partial charge in [0.25, 0.3) is 5.91 Å². The van der Waals surface area contributed by atoms with Gasteiger partial charge in [0, 0.05) is 13.6 Å². The van der Waals surface area contributed by atoms with Crippen LogP contribution in [0.1, 0.15) is 17.3 Å². The van der Waals surface area contributed by atoms with Crippen molar-refractivity contribution in [2.75, 3.05) is 13.6 Å². The minimum atomic E-state index is -0.532. The first-order chi connectivity index (χ1) is 6.56. The van der Waals surface area contributed by atoms with Gasteiger partial charge in [-0.3, -0.25) is 4.79 Å². The number of hydrogen-bond acceptors (Lipinski definition) is 2. The Morgan fingerprint density at radius 2 is 2.21 bits per heavy atom. The molecule has 0 saturated heterocycles. The van der Waals surface area contributed by atoms with Crippen molar-refractivity contribution in [3.8, 4) is 5.75 Å². The van der Waals surface area contributed by atoms with Crippen LogP contribution in [0.15, 0.2) is 18.2 Å². The molecular formula is C10H12FNO2. The van der Waals surface area contributed by atoms with Crippen LogP contribution < -0.4 is 0 Å². The zero-order chi connectivity index (χ0) is 10.7. The van der Waals surface area contributed by atoms with E-state index < -0.39 is 5.82 Å². The van der Waals surface area contributed by atoms with Crippen LogP contribution in [0, 0.1) is 5.82 Å². The summed E-state index contributed by atoms with van der Waals surface area (Å²) in [5, 5.41) is 9.34. The van der Waals surface area contributed by atoms with Gasteiger partial charge in [0.15, 0.2) is 0 Å². The van der Waals surface area contributed by atoms with E-state index in [4.69, 9.17) is 0 Å². The molecule has 1 rings (SSSR count). The Balaban J connectivity index is 3.06. The minimum Gasteiger partial charge on any atom is -0.507 e. The molecule has 0 aromatic heterocycles. The summed E-state index contributed by atoms with van der Waals surface area (Å²) in [4.78, 5) is 12.9. The van der Waals surface area contributed by atoms with Gasteiger partial charge < -0.3 is 10.0 Å². The molecule has 4 heteroatoms. The first-order valence-corrected chi connectivity index (χ1v) is 4.30. The summed E-state index contributed by atoms with van der Waals surface area (Å²) in [6, 6.07) is 3.31. The zero-order valence-electron chi connectivity index (χ0n) is 8.12. The molecule has 0 aliphatic rings. The summed E-state index contributed by atoms with van der Waals surface area (Å²) in [6.07, 6.45) is 0. The lowest BCUT2D eigenvalue weighted by Crippen LogP contribution is -2.26. The first-order valence-electron chi connectivity index (χ1n) is 4.30. The van der Waals surface area contributed by atoms with E-state index >= 15 is 0 Å². The molecule has 1 aromatic carbocycles. The maximum Gasteiger partial charge on any atom is 0.257 e. The van der Waals surface area contributed by atoms with Gasteiger partial charge in [0.05, 0.1) is 5.56 Å². The average Bonchev–Trinajstić information content (AvgIpc) is 2.19. The standard InChI is InChI=1S/C10H12FNO2/c1-3-12(2)10(14)8-6-7(11)4-5-9(8)13/h4-6,13H,3H2,1-2H3. The van der Waals surface area contributed by atoms with Gasteiger partial charge in [-0.25, -0.2) is 4.39 Å². The van der Waals surface area contributed by atoms with E-state index in [1.54, 1.807) is 14.0 Å². The van der Waals surface area contributed by atoms with Crippen molar-refractivity contribution in [1.82, 2.24) is 4.90 Å². The molecule has 0 aliphatic heterocycles. The van der Waals surface area contributed by atoms with Crippen molar-refractivity contribution in [2.45, 2.75) is 6.92 Å². The van der Waals surface area contributed by atoms with Crippen LogP contribution in [-0.2, 0) is 0 Å². The summed E-state index contributed by atoms with van der Waals surface area (Å²) in [6.45, 7) is 2.31. The smallest absolute Gasteiger partial charge is 0.257 e. The normalized spacial score (nSPS) is 9.93. The predicted molar refractivity (Wildman–Crippen MR) is 50.7 cm³/mol. The quantitative estimate of drug-likeness (QED) is 0.782. The predicted octanol–water partition coefficient (Wildman–Crippen LogP) is 1.62. The number of benzene rings is 1. The summed E-state index contributed by atoms with van der Waals surface area (Å²) < 4.78 is 12.8. The topological polar surface area (TPSA) is 40.5 Å². The second-order valence-electron chi connectivity index (χ2n) is 2.98. The van der Waals surface area contributed by atoms with Crippen LogP contribution in [0.2, 0.25) is 0 Å². The van der Waals surface area contributed by atoms with Gasteiger partial charge in [-0.2, -0.15) is 0 Å². The van der Waals surface area contributed by atoms with Crippen molar-refractivity contribution in [1.29, 1.82) is 0 Å². The molecular weight excluding hydrogens is 185 g/mol. The molecule has 0 unspecified atom stereocenters. The van der Waals surface area contributed by atoms with E-state index in [2.05, 4.69) is 0 Å². The third-order valence-electron chi connectivity index (χ3n) is 2.01. The maximum atomic E-state index is 12.8. The fraction of sp³-hybridized carbons (Fsp3) is 0.300. The van der Waals surface area contributed by atoms with E-state index in [1.807, 2.05) is 0 Å². The van der Waals surface area contributed by atoms with Gasteiger partial charge in [0.1, 0.15) is 11.6 Å². The summed E-state index contributed by atoms with van der Waals surface area (Å²) in [7, 11) is 1.59. The average molecular weight is 197 g/mol. The monoisotopic (exact) mass is 197 g/mol. The molecule has 3 nitrogen and oxygen atoms in total. The highest BCUT2D eigenvalue weighted by atomic mass is 19.1. The van der Waals surface area contributed by atoms with Crippen molar-refractivity contribution in [3.05, 3.63) is 29.6 Å². The number of hydrogen-bond donors (Lipinski definition) is 1. The highest BCUT2D eigenvalue weighted by Crippen LogP contribution is 2.19. The number of carbonyl (C=O) groups excluding carboxylic acids is 1. The molecule has 1 N–H and O–H groups in total. The number of carbonyl (C=O) groups is 1. The van der Waals surface area contributed by atoms with Crippen molar-refractivity contribution >= 4 is 5.91 Å². The third-order valence-corrected chi connectivity index (χ3v) is 2.01. The van der Waals surface area contributed by atoms with E-state index in [9.17, 15) is 14.3 Å². The summed E-state index contributed by atoms with van der Waals surface area (Å²) in [5.41, 5.74) is -0.00523. The number of phenols is 1. The second-order valence-corrected chi connectivity index (χ2v) is 2.98. The molecule has 14 heavy (non-hydrogen) atoms. The fourth-order valence-electron chi connectivity index (χ4n) is 1.03. The molecule has 0 saturated carbocycles. The van der Waals surface area contributed by atoms with Gasteiger partial charge in [-0.15, -0.1) is 0 Å². The molecule has 0 atom stereocenters. The molecule has 0 radical (unpaired) electrons. The van der Waals surface area contributed by atoms with E-state index in [1.165, 1.54) is 11.0 Å². The Morgan fingerprint density at radius 1 is 1.57 bits per heavy atom. The zero-order valence-corrected chi connectivity index (χ0v) is 8.12. The molecule has 0 aliphatic carbocycles. The molecule has 76 valence electrons. The number of rotatable bonds is 2. The minimum absolute atomic E-state index is 0.00523. The van der Waals surface area contributed by atoms with Crippen LogP contribution >= 0.6 is 0 Å². The SMILES string of the molecule is CCN(C)C(=O)c1cc(F)ccc1O. The number of halogens is 1.